The lowest BCUT2D eigenvalue weighted by Gasteiger charge is -2.27. The Morgan fingerprint density at radius 3 is 2.72 bits per heavy atom. The van der Waals surface area contributed by atoms with E-state index in [0.29, 0.717) is 6.04 Å². The molecule has 0 aliphatic carbocycles. The van der Waals surface area contributed by atoms with E-state index in [1.165, 1.54) is 13.2 Å². The number of nitrogens with one attached hydrogen (secondary N) is 1. The van der Waals surface area contributed by atoms with E-state index in [-0.39, 0.29) is 17.6 Å². The van der Waals surface area contributed by atoms with Crippen LogP contribution in [0.25, 0.3) is 0 Å². The highest BCUT2D eigenvalue weighted by Crippen LogP contribution is 2.22. The molecule has 1 atom stereocenters. The molecule has 1 saturated heterocycles. The predicted octanol–water partition coefficient (Wildman–Crippen LogP) is 2.66. The van der Waals surface area contributed by atoms with Gasteiger partial charge in [-0.05, 0) is 37.5 Å². The lowest BCUT2D eigenvalue weighted by atomic mass is 10.0. The molecular weight excluding hydrogens is 233 g/mol. The van der Waals surface area contributed by atoms with E-state index in [1.54, 1.807) is 6.07 Å². The highest BCUT2D eigenvalue weighted by molar-refractivity contribution is 5.30. The van der Waals surface area contributed by atoms with Gasteiger partial charge in [0.15, 0.2) is 11.6 Å². The summed E-state index contributed by atoms with van der Waals surface area (Å²) in [6.07, 6.45) is 2.03. The molecule has 1 N–H and O–H groups in total. The van der Waals surface area contributed by atoms with Gasteiger partial charge in [-0.3, -0.25) is 0 Å². The van der Waals surface area contributed by atoms with Crippen LogP contribution in [0.5, 0.6) is 5.75 Å². The molecule has 0 radical (unpaired) electrons. The number of benzene rings is 1. The predicted molar refractivity (Wildman–Crippen MR) is 68.3 cm³/mol. The maximum atomic E-state index is 13.6. The van der Waals surface area contributed by atoms with Crippen molar-refractivity contribution in [2.45, 2.75) is 31.8 Å². The quantitative estimate of drug-likeness (QED) is 0.895. The number of hydrogen-bond acceptors (Lipinski definition) is 3. The van der Waals surface area contributed by atoms with Gasteiger partial charge in [-0.25, -0.2) is 4.39 Å². The number of hydrogen-bond donors (Lipinski definition) is 1. The summed E-state index contributed by atoms with van der Waals surface area (Å²) in [5.74, 6) is -0.0207. The summed E-state index contributed by atoms with van der Waals surface area (Å²) in [5, 5.41) is 3.51. The second kappa shape index (κ2) is 6.16. The van der Waals surface area contributed by atoms with E-state index in [2.05, 4.69) is 12.2 Å². The van der Waals surface area contributed by atoms with Crippen molar-refractivity contribution in [3.05, 3.63) is 29.6 Å². The van der Waals surface area contributed by atoms with Crippen molar-refractivity contribution < 1.29 is 13.9 Å². The molecule has 1 fully saturated rings. The Labute approximate surface area is 107 Å². The fraction of sp³-hybridized carbons (Fsp3) is 0.571. The van der Waals surface area contributed by atoms with Crippen molar-refractivity contribution in [3.63, 3.8) is 0 Å². The van der Waals surface area contributed by atoms with Gasteiger partial charge in [0.1, 0.15) is 0 Å². The van der Waals surface area contributed by atoms with E-state index in [0.717, 1.165) is 31.6 Å². The van der Waals surface area contributed by atoms with Crippen LogP contribution in [-0.2, 0) is 4.74 Å². The Kier molecular flexibility index (Phi) is 4.55. The van der Waals surface area contributed by atoms with Crippen LogP contribution in [-0.4, -0.2) is 26.4 Å². The van der Waals surface area contributed by atoms with Crippen molar-refractivity contribution in [1.29, 1.82) is 0 Å². The molecule has 1 aliphatic rings. The molecule has 3 nitrogen and oxygen atoms in total. The molecule has 2 rings (SSSR count). The zero-order valence-corrected chi connectivity index (χ0v) is 10.9. The van der Waals surface area contributed by atoms with Gasteiger partial charge in [0.05, 0.1) is 7.11 Å². The van der Waals surface area contributed by atoms with Gasteiger partial charge < -0.3 is 14.8 Å². The lowest BCUT2D eigenvalue weighted by Crippen LogP contribution is -2.36. The fourth-order valence-electron chi connectivity index (χ4n) is 2.27. The number of halogens is 1. The molecule has 0 bridgehead atoms. The lowest BCUT2D eigenvalue weighted by molar-refractivity contribution is 0.0754. The summed E-state index contributed by atoms with van der Waals surface area (Å²) < 4.78 is 23.9. The fourth-order valence-corrected chi connectivity index (χ4v) is 2.27. The smallest absolute Gasteiger partial charge is 0.165 e. The Morgan fingerprint density at radius 1 is 1.39 bits per heavy atom. The molecule has 0 unspecified atom stereocenters. The number of rotatable bonds is 4. The van der Waals surface area contributed by atoms with Gasteiger partial charge in [0.25, 0.3) is 0 Å². The summed E-state index contributed by atoms with van der Waals surface area (Å²) in [4.78, 5) is 0. The molecule has 1 aromatic carbocycles. The summed E-state index contributed by atoms with van der Waals surface area (Å²) in [5.41, 5.74) is 0.944. The monoisotopic (exact) mass is 253 g/mol. The van der Waals surface area contributed by atoms with Crippen molar-refractivity contribution in [1.82, 2.24) is 5.32 Å². The first kappa shape index (κ1) is 13.3. The molecule has 4 heteroatoms. The third-order valence-corrected chi connectivity index (χ3v) is 3.38. The van der Waals surface area contributed by atoms with Crippen molar-refractivity contribution in [3.8, 4) is 5.75 Å². The number of ether oxygens (including phenoxy) is 2. The van der Waals surface area contributed by atoms with Gasteiger partial charge in [0.2, 0.25) is 0 Å². The third-order valence-electron chi connectivity index (χ3n) is 3.38. The van der Waals surface area contributed by atoms with Crippen molar-refractivity contribution in [2.75, 3.05) is 20.3 Å². The summed E-state index contributed by atoms with van der Waals surface area (Å²) in [6.45, 7) is 3.67. The average molecular weight is 253 g/mol. The normalized spacial score (nSPS) is 18.6. The topological polar surface area (TPSA) is 30.5 Å². The number of methoxy groups -OCH3 is 1. The van der Waals surface area contributed by atoms with Gasteiger partial charge in [0, 0.05) is 25.3 Å². The zero-order valence-electron chi connectivity index (χ0n) is 10.9. The summed E-state index contributed by atoms with van der Waals surface area (Å²) in [7, 11) is 1.47. The van der Waals surface area contributed by atoms with Gasteiger partial charge in [-0.15, -0.1) is 0 Å². The van der Waals surface area contributed by atoms with Gasteiger partial charge in [-0.2, -0.15) is 0 Å². The molecule has 1 aliphatic heterocycles. The second-order valence-corrected chi connectivity index (χ2v) is 4.67. The minimum Gasteiger partial charge on any atom is -0.494 e. The van der Waals surface area contributed by atoms with Crippen LogP contribution in [0.1, 0.15) is 31.4 Å². The second-order valence-electron chi connectivity index (χ2n) is 4.67. The van der Waals surface area contributed by atoms with Crippen molar-refractivity contribution >= 4 is 0 Å². The van der Waals surface area contributed by atoms with E-state index in [9.17, 15) is 4.39 Å². The zero-order chi connectivity index (χ0) is 13.0. The molecule has 0 amide bonds. The molecule has 0 spiro atoms. The van der Waals surface area contributed by atoms with E-state index >= 15 is 0 Å². The standard InChI is InChI=1S/C14H20FNO2/c1-10(16-12-5-7-18-8-6-12)11-3-4-14(17-2)13(15)9-11/h3-4,9-10,12,16H,5-8H2,1-2H3/t10-/m1/s1. The Hall–Kier alpha value is -1.13. The Balaban J connectivity index is 1.99. The van der Waals surface area contributed by atoms with E-state index < -0.39 is 0 Å². The summed E-state index contributed by atoms with van der Waals surface area (Å²) in [6, 6.07) is 5.70. The largest absolute Gasteiger partial charge is 0.494 e. The molecule has 18 heavy (non-hydrogen) atoms. The highest BCUT2D eigenvalue weighted by Gasteiger charge is 2.17. The molecular formula is C14H20FNO2. The summed E-state index contributed by atoms with van der Waals surface area (Å²) >= 11 is 0. The van der Waals surface area contributed by atoms with Crippen LogP contribution >= 0.6 is 0 Å². The van der Waals surface area contributed by atoms with E-state index in [4.69, 9.17) is 9.47 Å². The van der Waals surface area contributed by atoms with E-state index in [1.807, 2.05) is 6.07 Å². The van der Waals surface area contributed by atoms with Crippen LogP contribution in [0, 0.1) is 5.82 Å². The van der Waals surface area contributed by atoms with Crippen LogP contribution in [0.3, 0.4) is 0 Å². The van der Waals surface area contributed by atoms with Gasteiger partial charge in [-0.1, -0.05) is 6.07 Å². The average Bonchev–Trinajstić information content (AvgIpc) is 2.39. The SMILES string of the molecule is COc1ccc([C@@H](C)NC2CCOCC2)cc1F. The minimum absolute atomic E-state index is 0.133. The molecule has 0 aromatic heterocycles. The molecule has 1 aromatic rings. The van der Waals surface area contributed by atoms with Crippen LogP contribution < -0.4 is 10.1 Å². The first-order valence-electron chi connectivity index (χ1n) is 6.38. The Bertz CT molecular complexity index is 391. The third kappa shape index (κ3) is 3.21. The molecule has 0 saturated carbocycles. The first-order valence-corrected chi connectivity index (χ1v) is 6.38. The van der Waals surface area contributed by atoms with Gasteiger partial charge >= 0.3 is 0 Å². The maximum absolute atomic E-state index is 13.6. The van der Waals surface area contributed by atoms with Crippen LogP contribution in [0.15, 0.2) is 18.2 Å². The van der Waals surface area contributed by atoms with Crippen molar-refractivity contribution in [2.24, 2.45) is 0 Å². The molecule has 1 heterocycles. The Morgan fingerprint density at radius 2 is 2.11 bits per heavy atom. The highest BCUT2D eigenvalue weighted by atomic mass is 19.1. The van der Waals surface area contributed by atoms with Crippen LogP contribution in [0.2, 0.25) is 0 Å². The molecule has 100 valence electrons. The maximum Gasteiger partial charge on any atom is 0.165 e. The van der Waals surface area contributed by atoms with Crippen LogP contribution in [0.4, 0.5) is 4.39 Å². The minimum atomic E-state index is -0.310. The first-order chi connectivity index (χ1) is 8.70.